The molecule has 3 nitrogen and oxygen atoms in total. The van der Waals surface area contributed by atoms with Gasteiger partial charge in [-0.1, -0.05) is 29.7 Å². The first-order valence-electron chi connectivity index (χ1n) is 4.85. The number of Topliss-reactive ketones (excluding diaryl/α,β-unsaturated/α-hetero) is 1. The van der Waals surface area contributed by atoms with E-state index in [1.54, 1.807) is 31.2 Å². The SMILES string of the molecule is [B]c1ccc(C(=O)CC2OC(C)O2)cc1. The smallest absolute Gasteiger partial charge is 0.171 e. The van der Waals surface area contributed by atoms with Crippen LogP contribution in [0.15, 0.2) is 24.3 Å². The van der Waals surface area contributed by atoms with Crippen molar-refractivity contribution in [3.05, 3.63) is 29.8 Å². The van der Waals surface area contributed by atoms with E-state index in [-0.39, 0.29) is 24.8 Å². The lowest BCUT2D eigenvalue weighted by Crippen LogP contribution is -2.40. The van der Waals surface area contributed by atoms with Crippen LogP contribution in [0, 0.1) is 0 Å². The lowest BCUT2D eigenvalue weighted by molar-refractivity contribution is -0.372. The highest BCUT2D eigenvalue weighted by atomic mass is 16.9. The number of rotatable bonds is 3. The molecule has 1 saturated heterocycles. The molecule has 0 N–H and O–H groups in total. The van der Waals surface area contributed by atoms with Gasteiger partial charge in [0.15, 0.2) is 18.4 Å². The second-order valence-corrected chi connectivity index (χ2v) is 3.52. The lowest BCUT2D eigenvalue weighted by Gasteiger charge is -2.33. The zero-order chi connectivity index (χ0) is 10.8. The average Bonchev–Trinajstić information content (AvgIpc) is 2.16. The Hall–Kier alpha value is -1.13. The molecule has 15 heavy (non-hydrogen) atoms. The molecule has 1 fully saturated rings. The van der Waals surface area contributed by atoms with E-state index in [0.717, 1.165) is 0 Å². The Morgan fingerprint density at radius 3 is 2.47 bits per heavy atom. The third kappa shape index (κ3) is 2.46. The van der Waals surface area contributed by atoms with Gasteiger partial charge in [0.05, 0.1) is 6.42 Å². The number of hydrogen-bond donors (Lipinski definition) is 0. The van der Waals surface area contributed by atoms with Gasteiger partial charge in [-0.25, -0.2) is 0 Å². The number of carbonyl (C=O) groups is 1. The van der Waals surface area contributed by atoms with Gasteiger partial charge in [-0.05, 0) is 6.92 Å². The Balaban J connectivity index is 1.93. The highest BCUT2D eigenvalue weighted by Gasteiger charge is 2.29. The summed E-state index contributed by atoms with van der Waals surface area (Å²) in [6.07, 6.45) is -0.312. The van der Waals surface area contributed by atoms with Crippen molar-refractivity contribution in [3.8, 4) is 0 Å². The van der Waals surface area contributed by atoms with Crippen LogP contribution in [0.3, 0.4) is 0 Å². The fraction of sp³-hybridized carbons (Fsp3) is 0.364. The first kappa shape index (κ1) is 10.4. The number of ketones is 1. The summed E-state index contributed by atoms with van der Waals surface area (Å²) < 4.78 is 10.4. The molecule has 1 aromatic rings. The third-order valence-electron chi connectivity index (χ3n) is 2.27. The van der Waals surface area contributed by atoms with Crippen LogP contribution in [0.1, 0.15) is 23.7 Å². The second-order valence-electron chi connectivity index (χ2n) is 3.52. The van der Waals surface area contributed by atoms with Gasteiger partial charge < -0.3 is 9.47 Å². The van der Waals surface area contributed by atoms with Crippen molar-refractivity contribution in [2.75, 3.05) is 0 Å². The van der Waals surface area contributed by atoms with Crippen molar-refractivity contribution in [3.63, 3.8) is 0 Å². The van der Waals surface area contributed by atoms with Crippen molar-refractivity contribution < 1.29 is 14.3 Å². The highest BCUT2D eigenvalue weighted by Crippen LogP contribution is 2.20. The monoisotopic (exact) mass is 202 g/mol. The van der Waals surface area contributed by atoms with Crippen LogP contribution in [-0.2, 0) is 9.47 Å². The van der Waals surface area contributed by atoms with E-state index in [2.05, 4.69) is 0 Å². The summed E-state index contributed by atoms with van der Waals surface area (Å²) in [5.41, 5.74) is 1.28. The van der Waals surface area contributed by atoms with Crippen molar-refractivity contribution in [2.45, 2.75) is 25.9 Å². The summed E-state index contributed by atoms with van der Waals surface area (Å²) in [4.78, 5) is 11.7. The highest BCUT2D eigenvalue weighted by molar-refractivity contribution is 6.32. The standard InChI is InChI=1S/C11H11BO3/c1-7-14-11(15-7)6-10(13)8-2-4-9(12)5-3-8/h2-5,7,11H,6H2,1H3. The molecule has 0 atom stereocenters. The molecule has 76 valence electrons. The minimum absolute atomic E-state index is 0.00639. The summed E-state index contributed by atoms with van der Waals surface area (Å²) in [6.45, 7) is 1.80. The van der Waals surface area contributed by atoms with E-state index in [4.69, 9.17) is 17.3 Å². The van der Waals surface area contributed by atoms with Crippen LogP contribution in [-0.4, -0.2) is 26.2 Å². The van der Waals surface area contributed by atoms with E-state index in [1.165, 1.54) is 0 Å². The zero-order valence-corrected chi connectivity index (χ0v) is 8.47. The lowest BCUT2D eigenvalue weighted by atomic mass is 9.94. The van der Waals surface area contributed by atoms with E-state index in [9.17, 15) is 4.79 Å². The van der Waals surface area contributed by atoms with Gasteiger partial charge >= 0.3 is 0 Å². The summed E-state index contributed by atoms with van der Waals surface area (Å²) in [6, 6.07) is 6.83. The van der Waals surface area contributed by atoms with Crippen molar-refractivity contribution in [1.29, 1.82) is 0 Å². The van der Waals surface area contributed by atoms with E-state index >= 15 is 0 Å². The Morgan fingerprint density at radius 1 is 1.33 bits per heavy atom. The molecule has 0 spiro atoms. The number of carbonyl (C=O) groups excluding carboxylic acids is 1. The molecule has 0 bridgehead atoms. The second kappa shape index (κ2) is 4.17. The molecule has 0 aromatic heterocycles. The average molecular weight is 202 g/mol. The van der Waals surface area contributed by atoms with Gasteiger partial charge in [-0.2, -0.15) is 0 Å². The molecular formula is C11H11BO3. The minimum Gasteiger partial charge on any atom is -0.323 e. The largest absolute Gasteiger partial charge is 0.323 e. The third-order valence-corrected chi connectivity index (χ3v) is 2.27. The minimum atomic E-state index is -0.384. The Labute approximate surface area is 89.8 Å². The van der Waals surface area contributed by atoms with Crippen LogP contribution >= 0.6 is 0 Å². The molecule has 1 aromatic carbocycles. The summed E-state index contributed by atoms with van der Waals surface area (Å²) in [7, 11) is 5.52. The summed E-state index contributed by atoms with van der Waals surface area (Å²) in [5.74, 6) is 0.00639. The molecular weight excluding hydrogens is 191 g/mol. The van der Waals surface area contributed by atoms with Gasteiger partial charge in [-0.15, -0.1) is 0 Å². The molecule has 1 aliphatic rings. The van der Waals surface area contributed by atoms with Gasteiger partial charge in [0, 0.05) is 5.56 Å². The van der Waals surface area contributed by atoms with E-state index < -0.39 is 0 Å². The van der Waals surface area contributed by atoms with Gasteiger partial charge in [0.25, 0.3) is 0 Å². The molecule has 0 saturated carbocycles. The predicted octanol–water partition coefficient (Wildman–Crippen LogP) is 0.772. The Morgan fingerprint density at radius 2 is 1.93 bits per heavy atom. The zero-order valence-electron chi connectivity index (χ0n) is 8.47. The Bertz CT molecular complexity index is 355. The van der Waals surface area contributed by atoms with Crippen LogP contribution in [0.2, 0.25) is 0 Å². The van der Waals surface area contributed by atoms with Crippen LogP contribution in [0.5, 0.6) is 0 Å². The summed E-state index contributed by atoms with van der Waals surface area (Å²) in [5, 5.41) is 0. The fourth-order valence-corrected chi connectivity index (χ4v) is 1.47. The molecule has 1 aliphatic heterocycles. The normalized spacial score (nSPS) is 24.6. The molecule has 2 rings (SSSR count). The Kier molecular flexibility index (Phi) is 2.89. The maximum atomic E-state index is 11.7. The van der Waals surface area contributed by atoms with Crippen LogP contribution in [0.4, 0.5) is 0 Å². The maximum absolute atomic E-state index is 11.7. The summed E-state index contributed by atoms with van der Waals surface area (Å²) >= 11 is 0. The predicted molar refractivity (Wildman–Crippen MR) is 56.2 cm³/mol. The van der Waals surface area contributed by atoms with Crippen molar-refractivity contribution in [2.24, 2.45) is 0 Å². The molecule has 2 radical (unpaired) electrons. The molecule has 4 heteroatoms. The van der Waals surface area contributed by atoms with Gasteiger partial charge in [-0.3, -0.25) is 4.79 Å². The number of hydrogen-bond acceptors (Lipinski definition) is 3. The number of benzene rings is 1. The maximum Gasteiger partial charge on any atom is 0.171 e. The van der Waals surface area contributed by atoms with Crippen LogP contribution < -0.4 is 5.46 Å². The number of ether oxygens (including phenoxy) is 2. The van der Waals surface area contributed by atoms with Gasteiger partial charge in [0.1, 0.15) is 7.85 Å². The molecule has 0 unspecified atom stereocenters. The topological polar surface area (TPSA) is 35.5 Å². The van der Waals surface area contributed by atoms with Crippen molar-refractivity contribution >= 4 is 19.1 Å². The quantitative estimate of drug-likeness (QED) is 0.536. The molecule has 0 aliphatic carbocycles. The first-order chi connectivity index (χ1) is 7.15. The molecule has 0 amide bonds. The fourth-order valence-electron chi connectivity index (χ4n) is 1.47. The van der Waals surface area contributed by atoms with Crippen LogP contribution in [0.25, 0.3) is 0 Å². The van der Waals surface area contributed by atoms with Gasteiger partial charge in [0.2, 0.25) is 0 Å². The molecule has 1 heterocycles. The van der Waals surface area contributed by atoms with Crippen molar-refractivity contribution in [1.82, 2.24) is 0 Å². The van der Waals surface area contributed by atoms with E-state index in [0.29, 0.717) is 11.0 Å². The van der Waals surface area contributed by atoms with E-state index in [1.807, 2.05) is 0 Å². The first-order valence-corrected chi connectivity index (χ1v) is 4.85.